The normalized spacial score (nSPS) is 15.0. The summed E-state index contributed by atoms with van der Waals surface area (Å²) in [6.45, 7) is 3.63. The molecule has 0 radical (unpaired) electrons. The van der Waals surface area contributed by atoms with E-state index in [-0.39, 0.29) is 18.2 Å². The molecule has 5 heteroatoms. The molecule has 1 saturated carbocycles. The summed E-state index contributed by atoms with van der Waals surface area (Å²) in [5.41, 5.74) is 5.71. The predicted octanol–water partition coefficient (Wildman–Crippen LogP) is 5.77. The standard InChI is InChI=1S/C22H26FN3.ClH/c1-15-19(9-10-21-22(15)26-14-25-21)17-7-8-18(20(23)11-17)13-24-12-16-5-3-2-4-6-16;/h7-11,14,16,24H,2-6,12-13H2,1H3,(H,25,26);1H. The maximum absolute atomic E-state index is 14.6. The van der Waals surface area contributed by atoms with Gasteiger partial charge in [-0.05, 0) is 61.1 Å². The van der Waals surface area contributed by atoms with Gasteiger partial charge in [-0.25, -0.2) is 9.37 Å². The molecule has 0 saturated heterocycles. The molecular weight excluding hydrogens is 361 g/mol. The highest BCUT2D eigenvalue weighted by Crippen LogP contribution is 2.29. The lowest BCUT2D eigenvalue weighted by Crippen LogP contribution is -2.24. The first-order valence-corrected chi connectivity index (χ1v) is 9.64. The lowest BCUT2D eigenvalue weighted by Gasteiger charge is -2.21. The summed E-state index contributed by atoms with van der Waals surface area (Å²) in [5, 5.41) is 3.45. The summed E-state index contributed by atoms with van der Waals surface area (Å²) in [7, 11) is 0. The van der Waals surface area contributed by atoms with Gasteiger partial charge in [0.25, 0.3) is 0 Å². The Hall–Kier alpha value is -1.91. The Morgan fingerprint density at radius 2 is 1.96 bits per heavy atom. The fraction of sp³-hybridized carbons (Fsp3) is 0.409. The number of aromatic nitrogens is 2. The van der Waals surface area contributed by atoms with Crippen LogP contribution in [0.2, 0.25) is 0 Å². The van der Waals surface area contributed by atoms with Gasteiger partial charge in [-0.3, -0.25) is 0 Å². The number of halogens is 2. The largest absolute Gasteiger partial charge is 0.345 e. The van der Waals surface area contributed by atoms with Gasteiger partial charge < -0.3 is 10.3 Å². The van der Waals surface area contributed by atoms with Gasteiger partial charge in [-0.2, -0.15) is 0 Å². The van der Waals surface area contributed by atoms with Gasteiger partial charge in [-0.15, -0.1) is 12.4 Å². The van der Waals surface area contributed by atoms with E-state index in [0.29, 0.717) is 6.54 Å². The van der Waals surface area contributed by atoms with Crippen molar-refractivity contribution in [2.45, 2.75) is 45.6 Å². The first-order valence-electron chi connectivity index (χ1n) is 9.64. The summed E-state index contributed by atoms with van der Waals surface area (Å²) < 4.78 is 14.6. The van der Waals surface area contributed by atoms with E-state index in [1.165, 1.54) is 32.1 Å². The van der Waals surface area contributed by atoms with E-state index >= 15 is 0 Å². The van der Waals surface area contributed by atoms with Crippen LogP contribution in [0.4, 0.5) is 4.39 Å². The number of fused-ring (bicyclic) bond motifs is 1. The van der Waals surface area contributed by atoms with Crippen LogP contribution in [0.1, 0.15) is 43.2 Å². The Bertz CT molecular complexity index is 900. The van der Waals surface area contributed by atoms with E-state index < -0.39 is 0 Å². The highest BCUT2D eigenvalue weighted by Gasteiger charge is 2.14. The zero-order valence-corrected chi connectivity index (χ0v) is 16.5. The monoisotopic (exact) mass is 387 g/mol. The van der Waals surface area contributed by atoms with Crippen molar-refractivity contribution in [3.63, 3.8) is 0 Å². The SMILES string of the molecule is Cc1c(-c2ccc(CNCC3CCCCC3)c(F)c2)ccc2[nH]cnc12.Cl. The number of hydrogen-bond donors (Lipinski definition) is 2. The molecule has 0 unspecified atom stereocenters. The van der Waals surface area contributed by atoms with Crippen molar-refractivity contribution in [1.29, 1.82) is 0 Å². The van der Waals surface area contributed by atoms with E-state index in [1.807, 2.05) is 31.2 Å². The lowest BCUT2D eigenvalue weighted by molar-refractivity contribution is 0.341. The molecule has 4 rings (SSSR count). The van der Waals surface area contributed by atoms with E-state index in [1.54, 1.807) is 12.4 Å². The average Bonchev–Trinajstić information content (AvgIpc) is 3.14. The van der Waals surface area contributed by atoms with Gasteiger partial charge in [0, 0.05) is 12.1 Å². The number of rotatable bonds is 5. The van der Waals surface area contributed by atoms with Gasteiger partial charge in [0.05, 0.1) is 17.4 Å². The molecule has 3 nitrogen and oxygen atoms in total. The third-order valence-electron chi connectivity index (χ3n) is 5.68. The summed E-state index contributed by atoms with van der Waals surface area (Å²) in [6, 6.07) is 9.61. The molecule has 2 aromatic carbocycles. The molecule has 0 bridgehead atoms. The molecular formula is C22H27ClFN3. The Labute approximate surface area is 166 Å². The maximum Gasteiger partial charge on any atom is 0.128 e. The minimum atomic E-state index is -0.139. The number of nitrogens with one attached hydrogen (secondary N) is 2. The van der Waals surface area contributed by atoms with E-state index in [0.717, 1.165) is 45.7 Å². The number of nitrogens with zero attached hydrogens (tertiary/aromatic N) is 1. The second-order valence-electron chi connectivity index (χ2n) is 7.48. The van der Waals surface area contributed by atoms with Crippen LogP contribution >= 0.6 is 12.4 Å². The highest BCUT2D eigenvalue weighted by molar-refractivity contribution is 5.86. The zero-order valence-electron chi connectivity index (χ0n) is 15.7. The predicted molar refractivity (Wildman–Crippen MR) is 112 cm³/mol. The fourth-order valence-corrected chi connectivity index (χ4v) is 4.12. The molecule has 27 heavy (non-hydrogen) atoms. The average molecular weight is 388 g/mol. The quantitative estimate of drug-likeness (QED) is 0.583. The van der Waals surface area contributed by atoms with Gasteiger partial charge in [0.2, 0.25) is 0 Å². The molecule has 1 aromatic heterocycles. The van der Waals surface area contributed by atoms with E-state index in [2.05, 4.69) is 15.3 Å². The van der Waals surface area contributed by atoms with Crippen molar-refractivity contribution in [3.05, 3.63) is 53.6 Å². The number of benzene rings is 2. The first kappa shape index (κ1) is 19.8. The Kier molecular flexibility index (Phi) is 6.51. The lowest BCUT2D eigenvalue weighted by atomic mass is 9.89. The summed E-state index contributed by atoms with van der Waals surface area (Å²) in [4.78, 5) is 7.49. The summed E-state index contributed by atoms with van der Waals surface area (Å²) >= 11 is 0. The molecule has 0 spiro atoms. The molecule has 0 amide bonds. The molecule has 1 heterocycles. The first-order chi connectivity index (χ1) is 12.7. The molecule has 1 aliphatic carbocycles. The van der Waals surface area contributed by atoms with Crippen LogP contribution in [0, 0.1) is 18.7 Å². The van der Waals surface area contributed by atoms with Crippen molar-refractivity contribution >= 4 is 23.4 Å². The maximum atomic E-state index is 14.6. The Balaban J connectivity index is 0.00000210. The number of aromatic amines is 1. The van der Waals surface area contributed by atoms with Crippen LogP contribution < -0.4 is 5.32 Å². The second kappa shape index (κ2) is 8.85. The number of hydrogen-bond acceptors (Lipinski definition) is 2. The van der Waals surface area contributed by atoms with Crippen LogP contribution in [-0.4, -0.2) is 16.5 Å². The highest BCUT2D eigenvalue weighted by atomic mass is 35.5. The van der Waals surface area contributed by atoms with Crippen molar-refractivity contribution < 1.29 is 4.39 Å². The third-order valence-corrected chi connectivity index (χ3v) is 5.68. The molecule has 0 aliphatic heterocycles. The molecule has 2 N–H and O–H groups in total. The minimum Gasteiger partial charge on any atom is -0.345 e. The molecule has 144 valence electrons. The number of imidazole rings is 1. The van der Waals surface area contributed by atoms with Gasteiger partial charge in [0.1, 0.15) is 5.82 Å². The smallest absolute Gasteiger partial charge is 0.128 e. The van der Waals surface area contributed by atoms with Crippen LogP contribution in [0.25, 0.3) is 22.2 Å². The van der Waals surface area contributed by atoms with E-state index in [4.69, 9.17) is 0 Å². The number of H-pyrrole nitrogens is 1. The third kappa shape index (κ3) is 4.33. The summed E-state index contributed by atoms with van der Waals surface area (Å²) in [5.74, 6) is 0.620. The Morgan fingerprint density at radius 3 is 2.74 bits per heavy atom. The van der Waals surface area contributed by atoms with Crippen molar-refractivity contribution in [2.75, 3.05) is 6.54 Å². The van der Waals surface area contributed by atoms with Crippen molar-refractivity contribution in [1.82, 2.24) is 15.3 Å². The topological polar surface area (TPSA) is 40.7 Å². The Morgan fingerprint density at radius 1 is 1.15 bits per heavy atom. The second-order valence-corrected chi connectivity index (χ2v) is 7.48. The molecule has 1 aliphatic rings. The van der Waals surface area contributed by atoms with Crippen LogP contribution in [0.15, 0.2) is 36.7 Å². The van der Waals surface area contributed by atoms with Crippen LogP contribution in [0.3, 0.4) is 0 Å². The van der Waals surface area contributed by atoms with E-state index in [9.17, 15) is 4.39 Å². The molecule has 3 aromatic rings. The van der Waals surface area contributed by atoms with Gasteiger partial charge in [0.15, 0.2) is 0 Å². The van der Waals surface area contributed by atoms with Crippen LogP contribution in [-0.2, 0) is 6.54 Å². The van der Waals surface area contributed by atoms with Crippen molar-refractivity contribution in [3.8, 4) is 11.1 Å². The minimum absolute atomic E-state index is 0. The van der Waals surface area contributed by atoms with Crippen LogP contribution in [0.5, 0.6) is 0 Å². The van der Waals surface area contributed by atoms with Gasteiger partial charge >= 0.3 is 0 Å². The fourth-order valence-electron chi connectivity index (χ4n) is 4.12. The zero-order chi connectivity index (χ0) is 17.9. The summed E-state index contributed by atoms with van der Waals surface area (Å²) in [6.07, 6.45) is 8.37. The molecule has 1 fully saturated rings. The molecule has 0 atom stereocenters. The number of aryl methyl sites for hydroxylation is 1. The van der Waals surface area contributed by atoms with Crippen molar-refractivity contribution in [2.24, 2.45) is 5.92 Å². The van der Waals surface area contributed by atoms with Gasteiger partial charge in [-0.1, -0.05) is 37.5 Å².